The first-order chi connectivity index (χ1) is 5.63. The molecule has 0 aromatic carbocycles. The predicted molar refractivity (Wildman–Crippen MR) is 50.1 cm³/mol. The topological polar surface area (TPSA) is 37.3 Å². The Morgan fingerprint density at radius 3 is 2.33 bits per heavy atom. The number of ketones is 1. The molecule has 0 saturated heterocycles. The van der Waals surface area contributed by atoms with Crippen LogP contribution in [0.5, 0.6) is 0 Å². The van der Waals surface area contributed by atoms with Crippen molar-refractivity contribution in [1.82, 2.24) is 0 Å². The van der Waals surface area contributed by atoms with Gasteiger partial charge < -0.3 is 9.90 Å². The van der Waals surface area contributed by atoms with E-state index in [1.807, 2.05) is 6.92 Å². The molecular weight excluding hydrogens is 152 g/mol. The van der Waals surface area contributed by atoms with Crippen LogP contribution in [0.4, 0.5) is 0 Å². The Morgan fingerprint density at radius 1 is 1.25 bits per heavy atom. The van der Waals surface area contributed by atoms with Crippen LogP contribution >= 0.6 is 0 Å². The summed E-state index contributed by atoms with van der Waals surface area (Å²) in [5.74, 6) is 0.283. The molecule has 0 aliphatic rings. The predicted octanol–water partition coefficient (Wildman–Crippen LogP) is 2.30. The number of rotatable bonds is 7. The van der Waals surface area contributed by atoms with Gasteiger partial charge in [0.25, 0.3) is 0 Å². The first-order valence-electron chi connectivity index (χ1n) is 4.80. The van der Waals surface area contributed by atoms with E-state index in [0.29, 0.717) is 6.42 Å². The Balaban J connectivity index is 2.96. The van der Waals surface area contributed by atoms with Gasteiger partial charge in [0.05, 0.1) is 6.10 Å². The first kappa shape index (κ1) is 11.6. The molecule has 0 aromatic rings. The molecule has 0 aliphatic heterocycles. The maximum absolute atomic E-state index is 10.5. The van der Waals surface area contributed by atoms with Crippen molar-refractivity contribution in [3.8, 4) is 0 Å². The van der Waals surface area contributed by atoms with E-state index < -0.39 is 0 Å². The van der Waals surface area contributed by atoms with Crippen molar-refractivity contribution in [3.05, 3.63) is 0 Å². The molecule has 0 bridgehead atoms. The quantitative estimate of drug-likeness (QED) is 0.598. The monoisotopic (exact) mass is 172 g/mol. The highest BCUT2D eigenvalue weighted by Gasteiger charge is 1.96. The smallest absolute Gasteiger partial charge is 0.129 e. The Labute approximate surface area is 75.0 Å². The van der Waals surface area contributed by atoms with E-state index in [0.717, 1.165) is 32.1 Å². The van der Waals surface area contributed by atoms with Crippen LogP contribution < -0.4 is 0 Å². The summed E-state index contributed by atoms with van der Waals surface area (Å²) < 4.78 is 0. The lowest BCUT2D eigenvalue weighted by atomic mass is 10.1. The molecule has 72 valence electrons. The molecule has 12 heavy (non-hydrogen) atoms. The molecule has 0 spiro atoms. The van der Waals surface area contributed by atoms with Crippen molar-refractivity contribution in [2.75, 3.05) is 0 Å². The summed E-state index contributed by atoms with van der Waals surface area (Å²) in [5, 5.41) is 8.94. The van der Waals surface area contributed by atoms with Gasteiger partial charge in [-0.1, -0.05) is 19.3 Å². The second-order valence-corrected chi connectivity index (χ2v) is 3.50. The van der Waals surface area contributed by atoms with Crippen LogP contribution in [0.1, 0.15) is 52.4 Å². The number of hydrogen-bond donors (Lipinski definition) is 1. The molecule has 0 rings (SSSR count). The highest BCUT2D eigenvalue weighted by atomic mass is 16.3. The summed E-state index contributed by atoms with van der Waals surface area (Å²) in [4.78, 5) is 10.5. The van der Waals surface area contributed by atoms with E-state index in [1.54, 1.807) is 6.92 Å². The van der Waals surface area contributed by atoms with E-state index in [-0.39, 0.29) is 11.9 Å². The number of unbranched alkanes of at least 4 members (excludes halogenated alkanes) is 3. The molecule has 1 atom stereocenters. The second kappa shape index (κ2) is 7.29. The summed E-state index contributed by atoms with van der Waals surface area (Å²) in [6, 6.07) is 0. The van der Waals surface area contributed by atoms with Gasteiger partial charge in [-0.25, -0.2) is 0 Å². The Morgan fingerprint density at radius 2 is 1.83 bits per heavy atom. The van der Waals surface area contributed by atoms with Crippen LogP contribution in [0.3, 0.4) is 0 Å². The van der Waals surface area contributed by atoms with E-state index in [9.17, 15) is 4.79 Å². The van der Waals surface area contributed by atoms with Crippen LogP contribution in [0.25, 0.3) is 0 Å². The minimum absolute atomic E-state index is 0.169. The average Bonchev–Trinajstić information content (AvgIpc) is 1.95. The second-order valence-electron chi connectivity index (χ2n) is 3.50. The van der Waals surface area contributed by atoms with Gasteiger partial charge in [0.15, 0.2) is 0 Å². The Bertz CT molecular complexity index is 119. The van der Waals surface area contributed by atoms with E-state index in [2.05, 4.69) is 0 Å². The van der Waals surface area contributed by atoms with Crippen LogP contribution in [-0.4, -0.2) is 17.0 Å². The maximum Gasteiger partial charge on any atom is 0.129 e. The standard InChI is InChI=1S/C10H20O2/c1-9(11)7-5-3-4-6-8-10(2)12/h9,11H,3-8H2,1-2H3. The van der Waals surface area contributed by atoms with Crippen molar-refractivity contribution in [1.29, 1.82) is 0 Å². The van der Waals surface area contributed by atoms with E-state index in [4.69, 9.17) is 5.11 Å². The van der Waals surface area contributed by atoms with Crippen LogP contribution in [0.15, 0.2) is 0 Å². The van der Waals surface area contributed by atoms with Crippen molar-refractivity contribution < 1.29 is 9.90 Å². The third kappa shape index (κ3) is 9.63. The fraction of sp³-hybridized carbons (Fsp3) is 0.900. The summed E-state index contributed by atoms with van der Waals surface area (Å²) in [6.45, 7) is 3.45. The molecule has 0 aliphatic carbocycles. The van der Waals surface area contributed by atoms with E-state index in [1.165, 1.54) is 0 Å². The lowest BCUT2D eigenvalue weighted by molar-refractivity contribution is -0.117. The molecule has 0 amide bonds. The molecule has 2 nitrogen and oxygen atoms in total. The third-order valence-corrected chi connectivity index (χ3v) is 1.90. The van der Waals surface area contributed by atoms with Gasteiger partial charge in [-0.2, -0.15) is 0 Å². The van der Waals surface area contributed by atoms with Gasteiger partial charge in [0.2, 0.25) is 0 Å². The minimum Gasteiger partial charge on any atom is -0.393 e. The van der Waals surface area contributed by atoms with Gasteiger partial charge in [0.1, 0.15) is 5.78 Å². The van der Waals surface area contributed by atoms with Crippen LogP contribution in [0, 0.1) is 0 Å². The number of hydrogen-bond acceptors (Lipinski definition) is 2. The molecule has 0 saturated carbocycles. The van der Waals surface area contributed by atoms with Gasteiger partial charge in [0, 0.05) is 6.42 Å². The minimum atomic E-state index is -0.169. The normalized spacial score (nSPS) is 12.9. The van der Waals surface area contributed by atoms with Crippen LogP contribution in [0.2, 0.25) is 0 Å². The average molecular weight is 172 g/mol. The zero-order valence-corrected chi connectivity index (χ0v) is 8.18. The van der Waals surface area contributed by atoms with Crippen molar-refractivity contribution in [3.63, 3.8) is 0 Å². The molecule has 1 N–H and O–H groups in total. The first-order valence-corrected chi connectivity index (χ1v) is 4.80. The number of Topliss-reactive ketones (excluding diaryl/α,β-unsaturated/α-hetero) is 1. The highest BCUT2D eigenvalue weighted by molar-refractivity contribution is 5.75. The summed E-state index contributed by atoms with van der Waals surface area (Å²) >= 11 is 0. The maximum atomic E-state index is 10.5. The van der Waals surface area contributed by atoms with Crippen molar-refractivity contribution in [2.24, 2.45) is 0 Å². The van der Waals surface area contributed by atoms with Crippen molar-refractivity contribution >= 4 is 5.78 Å². The lowest BCUT2D eigenvalue weighted by Gasteiger charge is -2.02. The number of carbonyl (C=O) groups excluding carboxylic acids is 1. The van der Waals surface area contributed by atoms with Gasteiger partial charge >= 0.3 is 0 Å². The zero-order chi connectivity index (χ0) is 9.40. The molecular formula is C10H20O2. The SMILES string of the molecule is CC(=O)CCCCCCC(C)O. The Hall–Kier alpha value is -0.370. The fourth-order valence-corrected chi connectivity index (χ4v) is 1.17. The Kier molecular flexibility index (Phi) is 7.06. The fourth-order valence-electron chi connectivity index (χ4n) is 1.17. The highest BCUT2D eigenvalue weighted by Crippen LogP contribution is 2.07. The summed E-state index contributed by atoms with van der Waals surface area (Å²) in [6.07, 6.45) is 5.78. The molecule has 0 aromatic heterocycles. The molecule has 0 fully saturated rings. The molecule has 0 radical (unpaired) electrons. The summed E-state index contributed by atoms with van der Waals surface area (Å²) in [5.41, 5.74) is 0. The van der Waals surface area contributed by atoms with Gasteiger partial charge in [-0.3, -0.25) is 0 Å². The molecule has 1 unspecified atom stereocenters. The van der Waals surface area contributed by atoms with Gasteiger partial charge in [-0.15, -0.1) is 0 Å². The van der Waals surface area contributed by atoms with E-state index >= 15 is 0 Å². The van der Waals surface area contributed by atoms with Gasteiger partial charge in [-0.05, 0) is 26.7 Å². The zero-order valence-electron chi connectivity index (χ0n) is 8.18. The van der Waals surface area contributed by atoms with Crippen molar-refractivity contribution in [2.45, 2.75) is 58.5 Å². The largest absolute Gasteiger partial charge is 0.393 e. The number of carbonyl (C=O) groups is 1. The third-order valence-electron chi connectivity index (χ3n) is 1.90. The molecule has 0 heterocycles. The summed E-state index contributed by atoms with van der Waals surface area (Å²) in [7, 11) is 0. The lowest BCUT2D eigenvalue weighted by Crippen LogP contribution is -1.98. The molecule has 2 heteroatoms. The van der Waals surface area contributed by atoms with Crippen LogP contribution in [-0.2, 0) is 4.79 Å². The number of aliphatic hydroxyl groups excluding tert-OH is 1. The number of aliphatic hydroxyl groups is 1.